The Bertz CT molecular complexity index is 765. The lowest BCUT2D eigenvalue weighted by Crippen LogP contribution is -2.47. The van der Waals surface area contributed by atoms with E-state index in [2.05, 4.69) is 36.2 Å². The Morgan fingerprint density at radius 1 is 1.32 bits per heavy atom. The van der Waals surface area contributed by atoms with Gasteiger partial charge in [-0.1, -0.05) is 18.2 Å². The lowest BCUT2D eigenvalue weighted by Gasteiger charge is -2.33. The van der Waals surface area contributed by atoms with Gasteiger partial charge in [-0.3, -0.25) is 9.69 Å². The molecular weight excluding hydrogens is 294 g/mol. The summed E-state index contributed by atoms with van der Waals surface area (Å²) in [6, 6.07) is 12.5. The molecule has 1 aliphatic heterocycles. The summed E-state index contributed by atoms with van der Waals surface area (Å²) in [4.78, 5) is 20.6. The minimum absolute atomic E-state index is 0.00706. The highest BCUT2D eigenvalue weighted by Gasteiger charge is 2.36. The molecule has 0 radical (unpaired) electrons. The third kappa shape index (κ3) is 2.52. The van der Waals surface area contributed by atoms with Gasteiger partial charge in [0.05, 0.1) is 12.0 Å². The number of rotatable bonds is 2. The average Bonchev–Trinajstić information content (AvgIpc) is 2.91. The minimum Gasteiger partial charge on any atom is -0.369 e. The first-order valence-corrected chi connectivity index (χ1v) is 8.00. The molecule has 1 aliphatic rings. The number of thiophene rings is 1. The van der Waals surface area contributed by atoms with E-state index in [4.69, 9.17) is 5.73 Å². The topological polar surface area (TPSA) is 58.7 Å². The zero-order chi connectivity index (χ0) is 15.9. The van der Waals surface area contributed by atoms with Crippen molar-refractivity contribution in [3.8, 4) is 10.4 Å². The fourth-order valence-corrected chi connectivity index (χ4v) is 3.54. The third-order valence-corrected chi connectivity index (χ3v) is 5.13. The second-order valence-corrected chi connectivity index (χ2v) is 7.15. The maximum Gasteiger partial charge on any atom is 0.231 e. The third-order valence-electron chi connectivity index (χ3n) is 4.08. The lowest BCUT2D eigenvalue weighted by molar-refractivity contribution is -0.128. The SMILES string of the molecule is Cc1ccc(-c2cccc(C3(C)CC(=O)N(C)C(N)=N3)c2)s1. The molecule has 0 saturated carbocycles. The van der Waals surface area contributed by atoms with Crippen LogP contribution in [0.1, 0.15) is 23.8 Å². The van der Waals surface area contributed by atoms with Crippen LogP contribution < -0.4 is 5.73 Å². The van der Waals surface area contributed by atoms with Gasteiger partial charge in [-0.2, -0.15) is 0 Å². The number of carbonyl (C=O) groups is 1. The smallest absolute Gasteiger partial charge is 0.231 e. The monoisotopic (exact) mass is 313 g/mol. The van der Waals surface area contributed by atoms with Crippen LogP contribution in [0.5, 0.6) is 0 Å². The van der Waals surface area contributed by atoms with E-state index >= 15 is 0 Å². The summed E-state index contributed by atoms with van der Waals surface area (Å²) in [6.07, 6.45) is 0.330. The number of hydrogen-bond donors (Lipinski definition) is 1. The van der Waals surface area contributed by atoms with Crippen molar-refractivity contribution >= 4 is 23.2 Å². The molecule has 1 unspecified atom stereocenters. The van der Waals surface area contributed by atoms with Crippen LogP contribution in [0, 0.1) is 6.92 Å². The number of nitrogens with zero attached hydrogens (tertiary/aromatic N) is 2. The summed E-state index contributed by atoms with van der Waals surface area (Å²) >= 11 is 1.76. The predicted molar refractivity (Wildman–Crippen MR) is 90.9 cm³/mol. The van der Waals surface area contributed by atoms with Crippen LogP contribution in [0.2, 0.25) is 0 Å². The molecule has 1 aromatic carbocycles. The van der Waals surface area contributed by atoms with Crippen LogP contribution in [0.4, 0.5) is 0 Å². The summed E-state index contributed by atoms with van der Waals surface area (Å²) < 4.78 is 0. The Balaban J connectivity index is 2.04. The molecule has 2 heterocycles. The Labute approximate surface area is 134 Å². The van der Waals surface area contributed by atoms with Gasteiger partial charge in [0.15, 0.2) is 5.96 Å². The summed E-state index contributed by atoms with van der Waals surface area (Å²) in [7, 11) is 1.66. The van der Waals surface area contributed by atoms with Crippen molar-refractivity contribution in [1.29, 1.82) is 0 Å². The molecule has 4 nitrogen and oxygen atoms in total. The van der Waals surface area contributed by atoms with Gasteiger partial charge in [0.2, 0.25) is 5.91 Å². The number of amides is 1. The standard InChI is InChI=1S/C17H19N3OS/c1-11-7-8-14(22-11)12-5-4-6-13(9-12)17(2)10-15(21)20(3)16(18)19-17/h4-9H,10H2,1-3H3,(H2,18,19). The van der Waals surface area contributed by atoms with Crippen LogP contribution in [0.25, 0.3) is 10.4 Å². The number of aryl methyl sites for hydroxylation is 1. The zero-order valence-electron chi connectivity index (χ0n) is 13.0. The second-order valence-electron chi connectivity index (χ2n) is 5.86. The normalized spacial score (nSPS) is 21.9. The number of guanidine groups is 1. The summed E-state index contributed by atoms with van der Waals surface area (Å²) in [5.74, 6) is 0.267. The molecule has 0 bridgehead atoms. The Morgan fingerprint density at radius 3 is 2.73 bits per heavy atom. The molecule has 0 fully saturated rings. The van der Waals surface area contributed by atoms with E-state index in [1.54, 1.807) is 18.4 Å². The summed E-state index contributed by atoms with van der Waals surface area (Å²) in [5, 5.41) is 0. The van der Waals surface area contributed by atoms with Crippen LogP contribution in [-0.4, -0.2) is 23.8 Å². The highest BCUT2D eigenvalue weighted by molar-refractivity contribution is 7.15. The van der Waals surface area contributed by atoms with Gasteiger partial charge in [0.25, 0.3) is 0 Å². The highest BCUT2D eigenvalue weighted by Crippen LogP contribution is 2.36. The summed E-state index contributed by atoms with van der Waals surface area (Å²) in [5.41, 5.74) is 7.45. The quantitative estimate of drug-likeness (QED) is 0.926. The number of benzene rings is 1. The van der Waals surface area contributed by atoms with E-state index in [1.165, 1.54) is 14.7 Å². The Morgan fingerprint density at radius 2 is 2.09 bits per heavy atom. The molecule has 0 spiro atoms. The molecule has 2 N–H and O–H groups in total. The first-order valence-electron chi connectivity index (χ1n) is 7.18. The fourth-order valence-electron chi connectivity index (χ4n) is 2.67. The molecule has 1 aromatic heterocycles. The summed E-state index contributed by atoms with van der Waals surface area (Å²) in [6.45, 7) is 4.06. The van der Waals surface area contributed by atoms with Crippen molar-refractivity contribution in [3.63, 3.8) is 0 Å². The molecule has 1 amide bonds. The van der Waals surface area contributed by atoms with E-state index in [1.807, 2.05) is 19.1 Å². The zero-order valence-corrected chi connectivity index (χ0v) is 13.8. The molecule has 114 valence electrons. The maximum absolute atomic E-state index is 12.1. The van der Waals surface area contributed by atoms with Crippen molar-refractivity contribution in [1.82, 2.24) is 4.90 Å². The Hall–Kier alpha value is -2.14. The maximum atomic E-state index is 12.1. The van der Waals surface area contributed by atoms with Gasteiger partial charge in [-0.25, -0.2) is 4.99 Å². The first-order chi connectivity index (χ1) is 10.4. The molecule has 1 atom stereocenters. The van der Waals surface area contributed by atoms with Crippen LogP contribution in [0.3, 0.4) is 0 Å². The molecule has 2 aromatic rings. The second kappa shape index (κ2) is 5.25. The lowest BCUT2D eigenvalue weighted by atomic mass is 9.86. The van der Waals surface area contributed by atoms with Crippen molar-refractivity contribution < 1.29 is 4.79 Å². The first kappa shape index (κ1) is 14.8. The average molecular weight is 313 g/mol. The molecule has 3 rings (SSSR count). The van der Waals surface area contributed by atoms with E-state index in [-0.39, 0.29) is 11.9 Å². The van der Waals surface area contributed by atoms with E-state index in [0.29, 0.717) is 6.42 Å². The van der Waals surface area contributed by atoms with Crippen molar-refractivity contribution in [2.24, 2.45) is 10.7 Å². The van der Waals surface area contributed by atoms with E-state index in [0.717, 1.165) is 11.1 Å². The van der Waals surface area contributed by atoms with Crippen LogP contribution in [-0.2, 0) is 10.3 Å². The van der Waals surface area contributed by atoms with Gasteiger partial charge in [-0.05, 0) is 43.2 Å². The number of nitrogens with two attached hydrogens (primary N) is 1. The molecule has 0 saturated heterocycles. The number of carbonyl (C=O) groups excluding carboxylic acids is 1. The van der Waals surface area contributed by atoms with E-state index < -0.39 is 5.54 Å². The van der Waals surface area contributed by atoms with Gasteiger partial charge in [0, 0.05) is 16.8 Å². The van der Waals surface area contributed by atoms with E-state index in [9.17, 15) is 4.79 Å². The largest absolute Gasteiger partial charge is 0.369 e. The van der Waals surface area contributed by atoms with Gasteiger partial charge >= 0.3 is 0 Å². The minimum atomic E-state index is -0.601. The van der Waals surface area contributed by atoms with Gasteiger partial charge in [-0.15, -0.1) is 11.3 Å². The Kier molecular flexibility index (Phi) is 3.53. The van der Waals surface area contributed by atoms with Crippen molar-refractivity contribution in [2.75, 3.05) is 7.05 Å². The van der Waals surface area contributed by atoms with Gasteiger partial charge < -0.3 is 5.73 Å². The van der Waals surface area contributed by atoms with Crippen molar-refractivity contribution in [2.45, 2.75) is 25.8 Å². The predicted octanol–water partition coefficient (Wildman–Crippen LogP) is 3.12. The molecular formula is C17H19N3OS. The van der Waals surface area contributed by atoms with Crippen molar-refractivity contribution in [3.05, 3.63) is 46.8 Å². The highest BCUT2D eigenvalue weighted by atomic mass is 32.1. The van der Waals surface area contributed by atoms with Crippen LogP contribution >= 0.6 is 11.3 Å². The van der Waals surface area contributed by atoms with Crippen LogP contribution in [0.15, 0.2) is 41.4 Å². The van der Waals surface area contributed by atoms with Gasteiger partial charge in [0.1, 0.15) is 0 Å². The number of hydrogen-bond acceptors (Lipinski definition) is 4. The molecule has 22 heavy (non-hydrogen) atoms. The molecule has 5 heteroatoms. The molecule has 0 aliphatic carbocycles. The number of aliphatic imine (C=N–C) groups is 1. The fraction of sp³-hybridized carbons (Fsp3) is 0.294.